The molecule has 0 bridgehead atoms. The highest BCUT2D eigenvalue weighted by Gasteiger charge is 2.11. The molecule has 29 heavy (non-hydrogen) atoms. The van der Waals surface area contributed by atoms with Gasteiger partial charge in [0.05, 0.1) is 17.8 Å². The molecule has 4 rings (SSSR count). The van der Waals surface area contributed by atoms with Crippen LogP contribution in [0.1, 0.15) is 39.3 Å². The number of carbonyl (C=O) groups is 1. The van der Waals surface area contributed by atoms with Crippen LogP contribution in [0.15, 0.2) is 55.0 Å². The summed E-state index contributed by atoms with van der Waals surface area (Å²) < 4.78 is 0. The Bertz CT molecular complexity index is 1190. The van der Waals surface area contributed by atoms with Gasteiger partial charge in [-0.05, 0) is 56.2 Å². The largest absolute Gasteiger partial charge is 0.362 e. The molecule has 1 aromatic carbocycles. The van der Waals surface area contributed by atoms with Gasteiger partial charge in [-0.15, -0.1) is 11.3 Å². The van der Waals surface area contributed by atoms with Crippen molar-refractivity contribution in [1.82, 2.24) is 15.0 Å². The van der Waals surface area contributed by atoms with E-state index in [1.165, 1.54) is 4.88 Å². The monoisotopic (exact) mass is 403 g/mol. The van der Waals surface area contributed by atoms with Gasteiger partial charge in [0, 0.05) is 23.0 Å². The molecule has 0 aliphatic rings. The smallest absolute Gasteiger partial charge is 0.257 e. The highest BCUT2D eigenvalue weighted by molar-refractivity contribution is 7.18. The maximum Gasteiger partial charge on any atom is 0.257 e. The predicted octanol–water partition coefficient (Wildman–Crippen LogP) is 5.13. The Hall–Kier alpha value is -3.32. The zero-order valence-electron chi connectivity index (χ0n) is 16.4. The molecule has 0 fully saturated rings. The van der Waals surface area contributed by atoms with Crippen LogP contribution in [0.4, 0.5) is 11.5 Å². The summed E-state index contributed by atoms with van der Waals surface area (Å²) in [6.45, 7) is 6.02. The number of fused-ring (bicyclic) bond motifs is 1. The zero-order chi connectivity index (χ0) is 20.4. The summed E-state index contributed by atoms with van der Waals surface area (Å²) in [6, 6.07) is 11.6. The first-order valence-electron chi connectivity index (χ1n) is 9.30. The molecule has 4 aromatic rings. The lowest BCUT2D eigenvalue weighted by atomic mass is 10.1. The fourth-order valence-corrected chi connectivity index (χ4v) is 3.91. The van der Waals surface area contributed by atoms with E-state index in [2.05, 4.69) is 39.4 Å². The summed E-state index contributed by atoms with van der Waals surface area (Å²) in [4.78, 5) is 27.8. The topological polar surface area (TPSA) is 79.8 Å². The number of hydrogen-bond donors (Lipinski definition) is 2. The molecule has 0 spiro atoms. The maximum absolute atomic E-state index is 12.5. The summed E-state index contributed by atoms with van der Waals surface area (Å²) >= 11 is 1.63. The van der Waals surface area contributed by atoms with E-state index in [0.29, 0.717) is 5.56 Å². The number of aryl methyl sites for hydroxylation is 2. The Kier molecular flexibility index (Phi) is 5.22. The molecule has 3 heterocycles. The lowest BCUT2D eigenvalue weighted by Gasteiger charge is -2.16. The molecule has 0 radical (unpaired) electrons. The van der Waals surface area contributed by atoms with E-state index in [9.17, 15) is 4.79 Å². The quantitative estimate of drug-likeness (QED) is 0.483. The van der Waals surface area contributed by atoms with Gasteiger partial charge in [0.2, 0.25) is 0 Å². The van der Waals surface area contributed by atoms with Crippen molar-refractivity contribution >= 4 is 39.1 Å². The number of nitrogens with one attached hydrogen (secondary N) is 2. The van der Waals surface area contributed by atoms with Gasteiger partial charge in [0.25, 0.3) is 5.91 Å². The standard InChI is InChI=1S/C22H21N5OS/c1-13-7-17(11-23-10-13)21(28)26-18-6-4-5-16(9-18)15(3)25-20-12-24-19-8-14(2)29-22(19)27-20/h4-12,15H,1-3H3,(H,25,27)(H,26,28). The Morgan fingerprint density at radius 1 is 1.10 bits per heavy atom. The number of hydrogen-bond acceptors (Lipinski definition) is 6. The molecule has 0 aliphatic heterocycles. The van der Waals surface area contributed by atoms with Crippen molar-refractivity contribution in [3.8, 4) is 0 Å². The molecule has 6 nitrogen and oxygen atoms in total. The van der Waals surface area contributed by atoms with E-state index in [1.807, 2.05) is 43.3 Å². The third-order valence-electron chi connectivity index (χ3n) is 4.51. The minimum Gasteiger partial charge on any atom is -0.362 e. The lowest BCUT2D eigenvalue weighted by molar-refractivity contribution is 0.102. The number of rotatable bonds is 5. The van der Waals surface area contributed by atoms with Crippen LogP contribution in [0.5, 0.6) is 0 Å². The third-order valence-corrected chi connectivity index (χ3v) is 5.44. The Morgan fingerprint density at radius 3 is 2.79 bits per heavy atom. The summed E-state index contributed by atoms with van der Waals surface area (Å²) in [6.07, 6.45) is 5.04. The van der Waals surface area contributed by atoms with Gasteiger partial charge < -0.3 is 10.6 Å². The second-order valence-electron chi connectivity index (χ2n) is 7.00. The normalized spacial score (nSPS) is 12.0. The summed E-state index contributed by atoms with van der Waals surface area (Å²) in [5.74, 6) is 0.551. The van der Waals surface area contributed by atoms with Gasteiger partial charge in [0.1, 0.15) is 16.2 Å². The van der Waals surface area contributed by atoms with Gasteiger partial charge >= 0.3 is 0 Å². The average molecular weight is 404 g/mol. The molecule has 0 aliphatic carbocycles. The van der Waals surface area contributed by atoms with Crippen LogP contribution in [-0.2, 0) is 0 Å². The van der Waals surface area contributed by atoms with Crippen molar-refractivity contribution in [2.45, 2.75) is 26.8 Å². The second kappa shape index (κ2) is 7.97. The number of carbonyl (C=O) groups excluding carboxylic acids is 1. The molecule has 0 saturated carbocycles. The van der Waals surface area contributed by atoms with Crippen molar-refractivity contribution in [3.63, 3.8) is 0 Å². The number of aromatic nitrogens is 3. The molecule has 1 amide bonds. The van der Waals surface area contributed by atoms with Crippen LogP contribution >= 0.6 is 11.3 Å². The first-order chi connectivity index (χ1) is 14.0. The van der Waals surface area contributed by atoms with E-state index in [0.717, 1.165) is 33.0 Å². The highest BCUT2D eigenvalue weighted by atomic mass is 32.1. The number of anilines is 2. The van der Waals surface area contributed by atoms with Gasteiger partial charge in [-0.1, -0.05) is 12.1 Å². The van der Waals surface area contributed by atoms with E-state index >= 15 is 0 Å². The number of nitrogens with zero attached hydrogens (tertiary/aromatic N) is 3. The molecular formula is C22H21N5OS. The SMILES string of the molecule is Cc1cncc(C(=O)Nc2cccc(C(C)Nc3cnc4cc(C)sc4n3)c2)c1. The Morgan fingerprint density at radius 2 is 1.97 bits per heavy atom. The minimum atomic E-state index is -0.177. The molecule has 1 atom stereocenters. The van der Waals surface area contributed by atoms with Crippen LogP contribution < -0.4 is 10.6 Å². The van der Waals surface area contributed by atoms with Crippen molar-refractivity contribution in [2.24, 2.45) is 0 Å². The van der Waals surface area contributed by atoms with Crippen LogP contribution in [-0.4, -0.2) is 20.9 Å². The molecular weight excluding hydrogens is 382 g/mol. The third kappa shape index (κ3) is 4.41. The van der Waals surface area contributed by atoms with Gasteiger partial charge in [-0.3, -0.25) is 9.78 Å². The fraction of sp³-hybridized carbons (Fsp3) is 0.182. The number of pyridine rings is 1. The van der Waals surface area contributed by atoms with Gasteiger partial charge in [-0.2, -0.15) is 0 Å². The number of benzene rings is 1. The summed E-state index contributed by atoms with van der Waals surface area (Å²) in [7, 11) is 0. The van der Waals surface area contributed by atoms with E-state index in [-0.39, 0.29) is 11.9 Å². The number of amides is 1. The predicted molar refractivity (Wildman–Crippen MR) is 118 cm³/mol. The van der Waals surface area contributed by atoms with Crippen molar-refractivity contribution in [2.75, 3.05) is 10.6 Å². The van der Waals surface area contributed by atoms with E-state index in [1.54, 1.807) is 29.9 Å². The molecule has 2 N–H and O–H groups in total. The molecule has 0 saturated heterocycles. The first-order valence-corrected chi connectivity index (χ1v) is 10.1. The molecule has 3 aromatic heterocycles. The lowest BCUT2D eigenvalue weighted by Crippen LogP contribution is -2.13. The van der Waals surface area contributed by atoms with Crippen LogP contribution in [0.25, 0.3) is 10.3 Å². The Balaban J connectivity index is 1.48. The Labute approximate surface area is 173 Å². The second-order valence-corrected chi connectivity index (χ2v) is 8.23. The van der Waals surface area contributed by atoms with Gasteiger partial charge in [0.15, 0.2) is 0 Å². The fourth-order valence-electron chi connectivity index (χ4n) is 3.07. The average Bonchev–Trinajstić information content (AvgIpc) is 3.07. The van der Waals surface area contributed by atoms with Crippen LogP contribution in [0.2, 0.25) is 0 Å². The van der Waals surface area contributed by atoms with Gasteiger partial charge in [-0.25, -0.2) is 9.97 Å². The molecule has 1 unspecified atom stereocenters. The van der Waals surface area contributed by atoms with Crippen molar-refractivity contribution in [1.29, 1.82) is 0 Å². The van der Waals surface area contributed by atoms with Crippen LogP contribution in [0.3, 0.4) is 0 Å². The zero-order valence-corrected chi connectivity index (χ0v) is 17.2. The van der Waals surface area contributed by atoms with E-state index in [4.69, 9.17) is 0 Å². The molecule has 7 heteroatoms. The first kappa shape index (κ1) is 19.0. The molecule has 146 valence electrons. The number of thiophene rings is 1. The maximum atomic E-state index is 12.5. The highest BCUT2D eigenvalue weighted by Crippen LogP contribution is 2.25. The van der Waals surface area contributed by atoms with Crippen molar-refractivity contribution in [3.05, 3.63) is 76.6 Å². The van der Waals surface area contributed by atoms with Crippen LogP contribution in [0, 0.1) is 13.8 Å². The minimum absolute atomic E-state index is 0.000276. The summed E-state index contributed by atoms with van der Waals surface area (Å²) in [5.41, 5.74) is 4.17. The summed E-state index contributed by atoms with van der Waals surface area (Å²) in [5, 5.41) is 6.33. The van der Waals surface area contributed by atoms with Crippen molar-refractivity contribution < 1.29 is 4.79 Å². The van der Waals surface area contributed by atoms with E-state index < -0.39 is 0 Å².